The van der Waals surface area contributed by atoms with Gasteiger partial charge in [0.25, 0.3) is 0 Å². The summed E-state index contributed by atoms with van der Waals surface area (Å²) in [6, 6.07) is 9.99. The quantitative estimate of drug-likeness (QED) is 0.798. The molecule has 2 aromatic heterocycles. The number of hydrogen-bond acceptors (Lipinski definition) is 4. The van der Waals surface area contributed by atoms with E-state index in [1.165, 1.54) is 4.88 Å². The van der Waals surface area contributed by atoms with Crippen molar-refractivity contribution in [2.24, 2.45) is 0 Å². The molecule has 108 valence electrons. The molecule has 3 rings (SSSR count). The number of aryl methyl sites for hydroxylation is 3. The Balaban J connectivity index is 1.92. The first-order valence-corrected chi connectivity index (χ1v) is 7.83. The zero-order valence-corrected chi connectivity index (χ0v) is 13.2. The first-order valence-electron chi connectivity index (χ1n) is 7.02. The molecule has 0 aliphatic heterocycles. The molecular formula is C17H18N2OS. The van der Waals surface area contributed by atoms with Crippen molar-refractivity contribution in [3.05, 3.63) is 57.2 Å². The van der Waals surface area contributed by atoms with Gasteiger partial charge in [-0.2, -0.15) is 0 Å². The lowest BCUT2D eigenvalue weighted by molar-refractivity contribution is 0.174. The highest BCUT2D eigenvalue weighted by molar-refractivity contribution is 7.11. The molecule has 4 heteroatoms. The van der Waals surface area contributed by atoms with Gasteiger partial charge in [-0.15, -0.1) is 11.3 Å². The lowest BCUT2D eigenvalue weighted by Crippen LogP contribution is -2.05. The number of aromatic nitrogens is 2. The predicted molar refractivity (Wildman–Crippen MR) is 86.7 cm³/mol. The van der Waals surface area contributed by atoms with Crippen LogP contribution in [-0.2, 0) is 6.42 Å². The molecular weight excluding hydrogens is 280 g/mol. The van der Waals surface area contributed by atoms with E-state index in [9.17, 15) is 5.11 Å². The summed E-state index contributed by atoms with van der Waals surface area (Å²) >= 11 is 1.65. The van der Waals surface area contributed by atoms with Gasteiger partial charge in [0.15, 0.2) is 0 Å². The average molecular weight is 298 g/mol. The lowest BCUT2D eigenvalue weighted by atomic mass is 10.1. The van der Waals surface area contributed by atoms with Crippen molar-refractivity contribution < 1.29 is 5.11 Å². The van der Waals surface area contributed by atoms with E-state index in [1.807, 2.05) is 31.2 Å². The van der Waals surface area contributed by atoms with Crippen LogP contribution in [0.1, 0.15) is 32.9 Å². The second kappa shape index (κ2) is 5.54. The van der Waals surface area contributed by atoms with Gasteiger partial charge in [-0.1, -0.05) is 18.2 Å². The average Bonchev–Trinajstić information content (AvgIpc) is 2.77. The molecule has 1 N–H and O–H groups in total. The Labute approximate surface area is 128 Å². The van der Waals surface area contributed by atoms with Gasteiger partial charge in [0, 0.05) is 16.7 Å². The van der Waals surface area contributed by atoms with Crippen LogP contribution in [0.25, 0.3) is 10.9 Å². The largest absolute Gasteiger partial charge is 0.386 e. The van der Waals surface area contributed by atoms with Crippen LogP contribution in [0.4, 0.5) is 0 Å². The molecule has 1 aromatic carbocycles. The number of fused-ring (bicyclic) bond motifs is 1. The number of hydrogen-bond donors (Lipinski definition) is 1. The summed E-state index contributed by atoms with van der Waals surface area (Å²) in [5.41, 5.74) is 3.83. The Hall–Kier alpha value is -1.78. The second-order valence-electron chi connectivity index (χ2n) is 5.35. The first-order chi connectivity index (χ1) is 10.0. The first kappa shape index (κ1) is 14.2. The fourth-order valence-electron chi connectivity index (χ4n) is 2.44. The highest BCUT2D eigenvalue weighted by Gasteiger charge is 2.15. The minimum atomic E-state index is -0.613. The van der Waals surface area contributed by atoms with Crippen LogP contribution in [0.3, 0.4) is 0 Å². The van der Waals surface area contributed by atoms with Gasteiger partial charge in [-0.05, 0) is 38.5 Å². The maximum Gasteiger partial charge on any atom is 0.102 e. The van der Waals surface area contributed by atoms with E-state index in [2.05, 4.69) is 29.9 Å². The predicted octanol–water partition coefficient (Wildman–Crippen LogP) is 3.89. The minimum absolute atomic E-state index is 0.518. The molecule has 3 aromatic rings. The Bertz CT molecular complexity index is 775. The van der Waals surface area contributed by atoms with Gasteiger partial charge < -0.3 is 5.11 Å². The molecule has 0 fully saturated rings. The molecule has 2 heterocycles. The normalized spacial score (nSPS) is 12.8. The zero-order valence-electron chi connectivity index (χ0n) is 12.4. The molecule has 0 spiro atoms. The fourth-order valence-corrected chi connectivity index (χ4v) is 3.41. The molecule has 1 atom stereocenters. The highest BCUT2D eigenvalue weighted by atomic mass is 32.1. The van der Waals surface area contributed by atoms with E-state index in [0.717, 1.165) is 32.9 Å². The van der Waals surface area contributed by atoms with Gasteiger partial charge in [-0.25, -0.2) is 4.98 Å². The number of nitrogens with zero attached hydrogens (tertiary/aromatic N) is 2. The van der Waals surface area contributed by atoms with Gasteiger partial charge in [0.1, 0.15) is 6.10 Å². The highest BCUT2D eigenvalue weighted by Crippen LogP contribution is 2.25. The third-order valence-corrected chi connectivity index (χ3v) is 4.82. The van der Waals surface area contributed by atoms with Gasteiger partial charge in [-0.3, -0.25) is 4.98 Å². The number of benzene rings is 1. The molecule has 3 nitrogen and oxygen atoms in total. The van der Waals surface area contributed by atoms with Gasteiger partial charge in [0.2, 0.25) is 0 Å². The maximum atomic E-state index is 10.5. The molecule has 1 unspecified atom stereocenters. The van der Waals surface area contributed by atoms with E-state index in [0.29, 0.717) is 6.42 Å². The second-order valence-corrected chi connectivity index (χ2v) is 6.64. The molecule has 0 bridgehead atoms. The van der Waals surface area contributed by atoms with Crippen LogP contribution in [0.5, 0.6) is 0 Å². The van der Waals surface area contributed by atoms with Crippen molar-refractivity contribution in [3.8, 4) is 0 Å². The Morgan fingerprint density at radius 3 is 2.62 bits per heavy atom. The van der Waals surface area contributed by atoms with Crippen LogP contribution < -0.4 is 0 Å². The van der Waals surface area contributed by atoms with Crippen molar-refractivity contribution in [2.75, 3.05) is 0 Å². The standard InChI is InChI=1S/C17H18N2OS/c1-10-8-15(19-14-7-5-4-6-13(10)14)16(20)9-17-18-11(2)12(3)21-17/h4-8,16,20H,9H2,1-3H3. The van der Waals surface area contributed by atoms with Crippen molar-refractivity contribution in [1.29, 1.82) is 0 Å². The molecule has 0 aliphatic carbocycles. The smallest absolute Gasteiger partial charge is 0.102 e. The van der Waals surface area contributed by atoms with Crippen LogP contribution in [0.2, 0.25) is 0 Å². The topological polar surface area (TPSA) is 46.0 Å². The number of rotatable bonds is 3. The Morgan fingerprint density at radius 1 is 1.14 bits per heavy atom. The summed E-state index contributed by atoms with van der Waals surface area (Å²) < 4.78 is 0. The Morgan fingerprint density at radius 2 is 1.90 bits per heavy atom. The summed E-state index contributed by atoms with van der Waals surface area (Å²) in [6.45, 7) is 6.11. The summed E-state index contributed by atoms with van der Waals surface area (Å²) in [5.74, 6) is 0. The summed E-state index contributed by atoms with van der Waals surface area (Å²) in [7, 11) is 0. The van der Waals surface area contributed by atoms with E-state index in [1.54, 1.807) is 11.3 Å². The van der Waals surface area contributed by atoms with Crippen LogP contribution in [0.15, 0.2) is 30.3 Å². The molecule has 0 amide bonds. The van der Waals surface area contributed by atoms with E-state index in [4.69, 9.17) is 0 Å². The van der Waals surface area contributed by atoms with E-state index >= 15 is 0 Å². The van der Waals surface area contributed by atoms with Gasteiger partial charge >= 0.3 is 0 Å². The molecule has 0 saturated heterocycles. The van der Waals surface area contributed by atoms with Crippen molar-refractivity contribution in [2.45, 2.75) is 33.3 Å². The van der Waals surface area contributed by atoms with E-state index in [-0.39, 0.29) is 0 Å². The lowest BCUT2D eigenvalue weighted by Gasteiger charge is -2.11. The summed E-state index contributed by atoms with van der Waals surface area (Å²) in [4.78, 5) is 10.3. The number of aliphatic hydroxyl groups is 1. The third kappa shape index (κ3) is 2.82. The monoisotopic (exact) mass is 298 g/mol. The van der Waals surface area contributed by atoms with Gasteiger partial charge in [0.05, 0.1) is 21.9 Å². The Kier molecular flexibility index (Phi) is 3.74. The number of para-hydroxylation sites is 1. The minimum Gasteiger partial charge on any atom is -0.386 e. The third-order valence-electron chi connectivity index (χ3n) is 3.73. The van der Waals surface area contributed by atoms with Crippen LogP contribution in [-0.4, -0.2) is 15.1 Å². The number of pyridine rings is 1. The number of thiazole rings is 1. The summed E-state index contributed by atoms with van der Waals surface area (Å²) in [6.07, 6.45) is -0.0947. The molecule has 0 aliphatic rings. The van der Waals surface area contributed by atoms with Crippen molar-refractivity contribution in [3.63, 3.8) is 0 Å². The molecule has 21 heavy (non-hydrogen) atoms. The maximum absolute atomic E-state index is 10.5. The SMILES string of the molecule is Cc1nc(CC(O)c2cc(C)c3ccccc3n2)sc1C. The van der Waals surface area contributed by atoms with Crippen LogP contribution >= 0.6 is 11.3 Å². The fraction of sp³-hybridized carbons (Fsp3) is 0.294. The number of aliphatic hydroxyl groups excluding tert-OH is 1. The zero-order chi connectivity index (χ0) is 15.0. The van der Waals surface area contributed by atoms with Crippen molar-refractivity contribution >= 4 is 22.2 Å². The summed E-state index contributed by atoms with van der Waals surface area (Å²) in [5, 5.41) is 12.6. The van der Waals surface area contributed by atoms with E-state index < -0.39 is 6.10 Å². The molecule has 0 saturated carbocycles. The molecule has 0 radical (unpaired) electrons. The van der Waals surface area contributed by atoms with Crippen molar-refractivity contribution in [1.82, 2.24) is 9.97 Å². The van der Waals surface area contributed by atoms with Crippen LogP contribution in [0, 0.1) is 20.8 Å².